The normalized spacial score (nSPS) is 43.7. The van der Waals surface area contributed by atoms with Crippen LogP contribution in [0.15, 0.2) is 60.7 Å². The van der Waals surface area contributed by atoms with Crippen LogP contribution in [0.3, 0.4) is 0 Å². The first-order valence-corrected chi connectivity index (χ1v) is 14.3. The molecule has 43 heavy (non-hydrogen) atoms. The molecule has 0 radical (unpaired) electrons. The number of carbonyl (C=O) groups is 2. The maximum absolute atomic E-state index is 13.0. The van der Waals surface area contributed by atoms with Crippen molar-refractivity contribution in [3.63, 3.8) is 0 Å². The van der Waals surface area contributed by atoms with Gasteiger partial charge in [0.15, 0.2) is 18.4 Å². The summed E-state index contributed by atoms with van der Waals surface area (Å²) in [4.78, 5) is 25.5. The number of methoxy groups -OCH3 is 1. The van der Waals surface area contributed by atoms with Crippen molar-refractivity contribution >= 4 is 11.9 Å². The van der Waals surface area contributed by atoms with Gasteiger partial charge in [-0.05, 0) is 37.6 Å². The van der Waals surface area contributed by atoms with Crippen molar-refractivity contribution < 1.29 is 58.1 Å². The second kappa shape index (κ2) is 10.0. The van der Waals surface area contributed by atoms with E-state index in [1.165, 1.54) is 0 Å². The Labute approximate surface area is 247 Å². The molecular formula is C31H34O12. The summed E-state index contributed by atoms with van der Waals surface area (Å²) in [7, 11) is 1.56. The molecule has 7 aliphatic rings. The first-order chi connectivity index (χ1) is 20.6. The molecule has 2 aromatic carbocycles. The van der Waals surface area contributed by atoms with Crippen LogP contribution < -0.4 is 0 Å². The van der Waals surface area contributed by atoms with Crippen LogP contribution in [0.2, 0.25) is 0 Å². The monoisotopic (exact) mass is 598 g/mol. The van der Waals surface area contributed by atoms with Gasteiger partial charge in [0, 0.05) is 19.4 Å². The van der Waals surface area contributed by atoms with Crippen molar-refractivity contribution in [1.29, 1.82) is 0 Å². The van der Waals surface area contributed by atoms with E-state index in [9.17, 15) is 24.9 Å². The predicted octanol–water partition coefficient (Wildman–Crippen LogP) is 1.16. The molecule has 0 amide bonds. The average Bonchev–Trinajstić information content (AvgIpc) is 3.23. The lowest BCUT2D eigenvalue weighted by Gasteiger charge is -2.68. The molecule has 12 nitrogen and oxygen atoms in total. The minimum Gasteiger partial charge on any atom is -0.461 e. The lowest BCUT2D eigenvalue weighted by Crippen LogP contribution is -2.81. The zero-order valence-electron chi connectivity index (χ0n) is 23.7. The van der Waals surface area contributed by atoms with Gasteiger partial charge in [-0.15, -0.1) is 0 Å². The zero-order valence-corrected chi connectivity index (χ0v) is 23.7. The molecule has 230 valence electrons. The first kappa shape index (κ1) is 28.8. The quantitative estimate of drug-likeness (QED) is 0.354. The van der Waals surface area contributed by atoms with E-state index in [2.05, 4.69) is 0 Å². The number of rotatable bonds is 9. The van der Waals surface area contributed by atoms with Gasteiger partial charge in [-0.1, -0.05) is 36.4 Å². The summed E-state index contributed by atoms with van der Waals surface area (Å²) >= 11 is 0. The highest BCUT2D eigenvalue weighted by Crippen LogP contribution is 2.82. The van der Waals surface area contributed by atoms with Crippen molar-refractivity contribution in [1.82, 2.24) is 0 Å². The van der Waals surface area contributed by atoms with E-state index in [1.54, 1.807) is 67.8 Å². The maximum Gasteiger partial charge on any atom is 0.338 e. The van der Waals surface area contributed by atoms with Crippen LogP contribution in [-0.2, 0) is 33.2 Å². The summed E-state index contributed by atoms with van der Waals surface area (Å²) in [6.07, 6.45) is -7.69. The smallest absolute Gasteiger partial charge is 0.338 e. The van der Waals surface area contributed by atoms with Gasteiger partial charge in [0.1, 0.15) is 48.8 Å². The third kappa shape index (κ3) is 3.91. The van der Waals surface area contributed by atoms with Crippen LogP contribution in [0.4, 0.5) is 0 Å². The maximum atomic E-state index is 13.0. The Bertz CT molecular complexity index is 1390. The van der Waals surface area contributed by atoms with Crippen molar-refractivity contribution in [2.45, 2.75) is 73.8 Å². The highest BCUT2D eigenvalue weighted by atomic mass is 16.8. The molecule has 0 aromatic heterocycles. The summed E-state index contributed by atoms with van der Waals surface area (Å²) in [6, 6.07) is 16.9. The van der Waals surface area contributed by atoms with Crippen LogP contribution in [-0.4, -0.2) is 102 Å². The summed E-state index contributed by atoms with van der Waals surface area (Å²) in [5, 5.41) is 32.4. The lowest BCUT2D eigenvalue weighted by molar-refractivity contribution is -0.427. The van der Waals surface area contributed by atoms with Gasteiger partial charge >= 0.3 is 11.9 Å². The fraction of sp³-hybridized carbons (Fsp3) is 0.548. The minimum absolute atomic E-state index is 0.122. The van der Waals surface area contributed by atoms with E-state index in [0.717, 1.165) is 0 Å². The minimum atomic E-state index is -1.66. The molecule has 3 N–H and O–H groups in total. The lowest BCUT2D eigenvalue weighted by atomic mass is 9.41. The van der Waals surface area contributed by atoms with E-state index >= 15 is 0 Å². The second-order valence-corrected chi connectivity index (χ2v) is 12.2. The first-order valence-electron chi connectivity index (χ1n) is 14.3. The Morgan fingerprint density at radius 1 is 0.884 bits per heavy atom. The predicted molar refractivity (Wildman–Crippen MR) is 143 cm³/mol. The highest BCUT2D eigenvalue weighted by Gasteiger charge is 2.95. The molecule has 1 unspecified atom stereocenters. The Hall–Kier alpha value is -2.94. The fourth-order valence-electron chi connectivity index (χ4n) is 7.91. The fourth-order valence-corrected chi connectivity index (χ4v) is 7.91. The molecule has 4 heterocycles. The summed E-state index contributed by atoms with van der Waals surface area (Å²) in [5.41, 5.74) is -2.50. The van der Waals surface area contributed by atoms with E-state index in [0.29, 0.717) is 24.0 Å². The van der Waals surface area contributed by atoms with Crippen LogP contribution in [0.1, 0.15) is 40.5 Å². The number of hydrogen-bond donors (Lipinski definition) is 3. The van der Waals surface area contributed by atoms with Crippen LogP contribution >= 0.6 is 0 Å². The molecule has 12 heteroatoms. The number of carbonyl (C=O) groups excluding carboxylic acids is 2. The van der Waals surface area contributed by atoms with Crippen molar-refractivity contribution in [2.24, 2.45) is 11.3 Å². The number of esters is 2. The van der Waals surface area contributed by atoms with E-state index in [1.807, 2.05) is 6.92 Å². The van der Waals surface area contributed by atoms with Crippen molar-refractivity contribution in [2.75, 3.05) is 20.3 Å². The number of hydrogen-bond acceptors (Lipinski definition) is 12. The topological polar surface area (TPSA) is 159 Å². The SMILES string of the molecule is CO[C@]12C[C@]3(C)OC(O1)[C@]1(COC(=O)c4ccccc4)[C@@H]2C[C@@]31O[C@@H]1O[C@H](COC(=O)c2ccccc2)[C@@H](O)[C@H](O)[C@H]1O. The summed E-state index contributed by atoms with van der Waals surface area (Å²) < 4.78 is 42.4. The van der Waals surface area contributed by atoms with Gasteiger partial charge < -0.3 is 48.5 Å². The van der Waals surface area contributed by atoms with Crippen molar-refractivity contribution in [3.8, 4) is 0 Å². The average molecular weight is 599 g/mol. The highest BCUT2D eigenvalue weighted by molar-refractivity contribution is 5.89. The van der Waals surface area contributed by atoms with Gasteiger partial charge in [-0.2, -0.15) is 0 Å². The Kier molecular flexibility index (Phi) is 6.73. The van der Waals surface area contributed by atoms with Gasteiger partial charge in [0.2, 0.25) is 0 Å². The number of benzene rings is 2. The summed E-state index contributed by atoms with van der Waals surface area (Å²) in [5.74, 6) is -2.41. The van der Waals surface area contributed by atoms with Crippen LogP contribution in [0.25, 0.3) is 0 Å². The molecule has 6 bridgehead atoms. The number of aliphatic hydroxyl groups is 3. The Morgan fingerprint density at radius 3 is 2.14 bits per heavy atom. The molecule has 4 aliphatic heterocycles. The largest absolute Gasteiger partial charge is 0.461 e. The molecule has 2 aromatic rings. The number of ether oxygens (including phenoxy) is 7. The molecule has 9 rings (SSSR count). The van der Waals surface area contributed by atoms with E-state index < -0.39 is 77.9 Å². The standard InChI is InChI=1S/C31H34O12/c1-28-15-30(37-2)20-13-31(28,29(20,27(42-28)43-30)16-39-25(36)18-11-7-4-8-12-18)41-26-23(34)22(33)21(32)19(40-26)14-38-24(35)17-9-5-3-6-10-17/h3-12,19-23,26-27,32-34H,13-16H2,1-2H3/t19-,20+,21-,22+,23-,26+,27?,28+,29+,30-,31-/m1/s1. The van der Waals surface area contributed by atoms with Gasteiger partial charge in [-0.3, -0.25) is 0 Å². The Balaban J connectivity index is 1.14. The molecule has 7 fully saturated rings. The molecule has 3 saturated carbocycles. The molecule has 3 aliphatic carbocycles. The third-order valence-electron chi connectivity index (χ3n) is 10.1. The summed E-state index contributed by atoms with van der Waals surface area (Å²) in [6.45, 7) is 1.33. The van der Waals surface area contributed by atoms with E-state index in [-0.39, 0.29) is 12.5 Å². The molecule has 0 spiro atoms. The Morgan fingerprint density at radius 2 is 1.51 bits per heavy atom. The molecule has 11 atom stereocenters. The second-order valence-electron chi connectivity index (χ2n) is 12.2. The van der Waals surface area contributed by atoms with Crippen molar-refractivity contribution in [3.05, 3.63) is 71.8 Å². The third-order valence-corrected chi connectivity index (χ3v) is 10.1. The van der Waals surface area contributed by atoms with Gasteiger partial charge in [-0.25, -0.2) is 9.59 Å². The van der Waals surface area contributed by atoms with Crippen LogP contribution in [0, 0.1) is 11.3 Å². The van der Waals surface area contributed by atoms with Crippen LogP contribution in [0.5, 0.6) is 0 Å². The zero-order chi connectivity index (χ0) is 30.2. The molecular weight excluding hydrogens is 564 g/mol. The van der Waals surface area contributed by atoms with Gasteiger partial charge in [0.25, 0.3) is 0 Å². The van der Waals surface area contributed by atoms with Gasteiger partial charge in [0.05, 0.1) is 16.5 Å². The number of aliphatic hydroxyl groups excluding tert-OH is 3. The van der Waals surface area contributed by atoms with E-state index in [4.69, 9.17) is 33.2 Å². The molecule has 4 saturated heterocycles.